The highest BCUT2D eigenvalue weighted by atomic mass is 16.2. The van der Waals surface area contributed by atoms with Gasteiger partial charge in [0.25, 0.3) is 0 Å². The molecule has 1 N–H and O–H groups in total. The van der Waals surface area contributed by atoms with Crippen molar-refractivity contribution in [2.45, 2.75) is 51.1 Å². The maximum atomic E-state index is 12.5. The van der Waals surface area contributed by atoms with E-state index in [0.29, 0.717) is 37.8 Å². The molecule has 140 valence electrons. The van der Waals surface area contributed by atoms with Gasteiger partial charge >= 0.3 is 0 Å². The number of hydrogen-bond acceptors (Lipinski definition) is 3. The number of carbonyl (C=O) groups excluding carboxylic acids is 2. The van der Waals surface area contributed by atoms with Gasteiger partial charge in [-0.05, 0) is 55.8 Å². The topological polar surface area (TPSA) is 52.7 Å². The summed E-state index contributed by atoms with van der Waals surface area (Å²) in [7, 11) is 0. The molecule has 2 amide bonds. The molecule has 0 saturated carbocycles. The van der Waals surface area contributed by atoms with Gasteiger partial charge in [0, 0.05) is 38.5 Å². The second-order valence-electron chi connectivity index (χ2n) is 8.00. The molecule has 1 atom stereocenters. The Labute approximate surface area is 155 Å². The molecule has 0 aliphatic carbocycles. The predicted octanol–water partition coefficient (Wildman–Crippen LogP) is 1.95. The van der Waals surface area contributed by atoms with Gasteiger partial charge in [0.2, 0.25) is 11.8 Å². The van der Waals surface area contributed by atoms with E-state index in [0.717, 1.165) is 19.5 Å². The Bertz CT molecular complexity index is 667. The summed E-state index contributed by atoms with van der Waals surface area (Å²) in [5.41, 5.74) is 2.61. The van der Waals surface area contributed by atoms with Gasteiger partial charge in [0.15, 0.2) is 0 Å². The molecule has 1 aromatic rings. The summed E-state index contributed by atoms with van der Waals surface area (Å²) in [4.78, 5) is 29.1. The average Bonchev–Trinajstić information content (AvgIpc) is 2.68. The molecule has 3 saturated heterocycles. The van der Waals surface area contributed by atoms with Gasteiger partial charge in [-0.15, -0.1) is 0 Å². The standard InChI is InChI=1S/C21H29N3O2/c25-20(22-19-15-23-11-8-17(19)9-12-23)6-3-7-21(26)24-13-10-16-4-1-2-5-18(16)14-24/h1-2,4-5,17,19H,3,6-15H2,(H,22,25). The molecule has 3 fully saturated rings. The van der Waals surface area contributed by atoms with Crippen LogP contribution in [0.4, 0.5) is 0 Å². The maximum absolute atomic E-state index is 12.5. The molecule has 4 heterocycles. The van der Waals surface area contributed by atoms with Gasteiger partial charge in [-0.1, -0.05) is 24.3 Å². The Balaban J connectivity index is 1.19. The molecule has 4 aliphatic heterocycles. The zero-order valence-electron chi connectivity index (χ0n) is 15.5. The second kappa shape index (κ2) is 7.78. The number of carbonyl (C=O) groups is 2. The quantitative estimate of drug-likeness (QED) is 0.878. The fraction of sp³-hybridized carbons (Fsp3) is 0.619. The summed E-state index contributed by atoms with van der Waals surface area (Å²) >= 11 is 0. The van der Waals surface area contributed by atoms with Crippen molar-refractivity contribution in [2.75, 3.05) is 26.2 Å². The van der Waals surface area contributed by atoms with Crippen LogP contribution in [0.3, 0.4) is 0 Å². The minimum absolute atomic E-state index is 0.112. The summed E-state index contributed by atoms with van der Waals surface area (Å²) < 4.78 is 0. The van der Waals surface area contributed by atoms with Crippen molar-refractivity contribution in [1.82, 2.24) is 15.1 Å². The average molecular weight is 355 g/mol. The van der Waals surface area contributed by atoms with Gasteiger partial charge in [0.1, 0.15) is 0 Å². The van der Waals surface area contributed by atoms with Crippen LogP contribution in [0.15, 0.2) is 24.3 Å². The van der Waals surface area contributed by atoms with Crippen molar-refractivity contribution < 1.29 is 9.59 Å². The SMILES string of the molecule is O=C(CCCC(=O)N1CCc2ccccc2C1)NC1CN2CCC1CC2. The Kier molecular flexibility index (Phi) is 5.25. The van der Waals surface area contributed by atoms with Gasteiger partial charge in [-0.2, -0.15) is 0 Å². The predicted molar refractivity (Wildman–Crippen MR) is 101 cm³/mol. The lowest BCUT2D eigenvalue weighted by Crippen LogP contribution is -2.57. The van der Waals surface area contributed by atoms with E-state index in [-0.39, 0.29) is 11.8 Å². The van der Waals surface area contributed by atoms with E-state index in [2.05, 4.69) is 28.4 Å². The third-order valence-corrected chi connectivity index (χ3v) is 6.28. The van der Waals surface area contributed by atoms with Crippen LogP contribution in [0.25, 0.3) is 0 Å². The molecule has 4 aliphatic rings. The van der Waals surface area contributed by atoms with Crippen LogP contribution < -0.4 is 5.32 Å². The van der Waals surface area contributed by atoms with Gasteiger partial charge in [-0.25, -0.2) is 0 Å². The molecule has 1 unspecified atom stereocenters. The molecular weight excluding hydrogens is 326 g/mol. The van der Waals surface area contributed by atoms with Crippen LogP contribution in [0.5, 0.6) is 0 Å². The van der Waals surface area contributed by atoms with Crippen molar-refractivity contribution >= 4 is 11.8 Å². The molecule has 5 nitrogen and oxygen atoms in total. The fourth-order valence-corrected chi connectivity index (χ4v) is 4.67. The Morgan fingerprint density at radius 3 is 2.54 bits per heavy atom. The summed E-state index contributed by atoms with van der Waals surface area (Å²) in [6, 6.07) is 8.67. The van der Waals surface area contributed by atoms with Crippen molar-refractivity contribution in [2.24, 2.45) is 5.92 Å². The highest BCUT2D eigenvalue weighted by Crippen LogP contribution is 2.27. The van der Waals surface area contributed by atoms with Crippen LogP contribution in [-0.2, 0) is 22.6 Å². The van der Waals surface area contributed by atoms with E-state index in [1.807, 2.05) is 11.0 Å². The van der Waals surface area contributed by atoms with Crippen molar-refractivity contribution in [3.63, 3.8) is 0 Å². The van der Waals surface area contributed by atoms with Crippen molar-refractivity contribution in [3.8, 4) is 0 Å². The van der Waals surface area contributed by atoms with Crippen LogP contribution in [0, 0.1) is 5.92 Å². The molecule has 2 bridgehead atoms. The van der Waals surface area contributed by atoms with E-state index in [4.69, 9.17) is 0 Å². The number of fused-ring (bicyclic) bond motifs is 4. The Hall–Kier alpha value is -1.88. The Morgan fingerprint density at radius 2 is 1.81 bits per heavy atom. The van der Waals surface area contributed by atoms with Gasteiger partial charge in [0.05, 0.1) is 0 Å². The molecule has 0 radical (unpaired) electrons. The van der Waals surface area contributed by atoms with Gasteiger partial charge < -0.3 is 15.1 Å². The number of amides is 2. The molecule has 5 heteroatoms. The maximum Gasteiger partial charge on any atom is 0.222 e. The van der Waals surface area contributed by atoms with Gasteiger partial charge in [-0.3, -0.25) is 9.59 Å². The van der Waals surface area contributed by atoms with E-state index < -0.39 is 0 Å². The normalized spacial score (nSPS) is 27.1. The van der Waals surface area contributed by atoms with E-state index >= 15 is 0 Å². The first-order chi connectivity index (χ1) is 12.7. The first-order valence-electron chi connectivity index (χ1n) is 10.1. The molecular formula is C21H29N3O2. The summed E-state index contributed by atoms with van der Waals surface area (Å²) in [5, 5.41) is 3.21. The van der Waals surface area contributed by atoms with E-state index in [1.54, 1.807) is 0 Å². The smallest absolute Gasteiger partial charge is 0.222 e. The zero-order chi connectivity index (χ0) is 17.9. The highest BCUT2D eigenvalue weighted by molar-refractivity contribution is 5.79. The largest absolute Gasteiger partial charge is 0.352 e. The second-order valence-corrected chi connectivity index (χ2v) is 8.00. The third kappa shape index (κ3) is 3.93. The highest BCUT2D eigenvalue weighted by Gasteiger charge is 2.34. The molecule has 0 spiro atoms. The third-order valence-electron chi connectivity index (χ3n) is 6.28. The molecule has 1 aromatic carbocycles. The summed E-state index contributed by atoms with van der Waals surface area (Å²) in [6.45, 7) is 4.87. The number of nitrogens with zero attached hydrogens (tertiary/aromatic N) is 2. The molecule has 0 aromatic heterocycles. The zero-order valence-corrected chi connectivity index (χ0v) is 15.5. The van der Waals surface area contributed by atoms with Crippen molar-refractivity contribution in [3.05, 3.63) is 35.4 Å². The number of hydrogen-bond donors (Lipinski definition) is 1. The van der Waals surface area contributed by atoms with Crippen LogP contribution in [0.1, 0.15) is 43.2 Å². The lowest BCUT2D eigenvalue weighted by atomic mass is 9.84. The number of rotatable bonds is 5. The monoisotopic (exact) mass is 355 g/mol. The summed E-state index contributed by atoms with van der Waals surface area (Å²) in [6.07, 6.45) is 4.92. The lowest BCUT2D eigenvalue weighted by molar-refractivity contribution is -0.132. The minimum atomic E-state index is 0.112. The first kappa shape index (κ1) is 17.5. The van der Waals surface area contributed by atoms with Crippen molar-refractivity contribution in [1.29, 1.82) is 0 Å². The lowest BCUT2D eigenvalue weighted by Gasteiger charge is -2.44. The number of nitrogens with one attached hydrogen (secondary N) is 1. The number of piperidine rings is 3. The Morgan fingerprint density at radius 1 is 1.04 bits per heavy atom. The van der Waals surface area contributed by atoms with Crippen LogP contribution in [-0.4, -0.2) is 53.8 Å². The van der Waals surface area contributed by atoms with E-state index in [9.17, 15) is 9.59 Å². The van der Waals surface area contributed by atoms with Crippen LogP contribution in [0.2, 0.25) is 0 Å². The fourth-order valence-electron chi connectivity index (χ4n) is 4.67. The van der Waals surface area contributed by atoms with E-state index in [1.165, 1.54) is 37.1 Å². The van der Waals surface area contributed by atoms with Crippen LogP contribution >= 0.6 is 0 Å². The molecule has 5 rings (SSSR count). The molecule has 26 heavy (non-hydrogen) atoms. The summed E-state index contributed by atoms with van der Waals surface area (Å²) in [5.74, 6) is 0.940. The minimum Gasteiger partial charge on any atom is -0.352 e. The number of benzene rings is 1. The first-order valence-corrected chi connectivity index (χ1v) is 10.1.